The Kier molecular flexibility index (Phi) is 4.12. The summed E-state index contributed by atoms with van der Waals surface area (Å²) >= 11 is 3.40. The SMILES string of the molecule is CC(C#N)Cc1ccc(Br)cc1CN. The molecule has 2 nitrogen and oxygen atoms in total. The van der Waals surface area contributed by atoms with Crippen molar-refractivity contribution in [3.05, 3.63) is 33.8 Å². The van der Waals surface area contributed by atoms with E-state index in [0.29, 0.717) is 6.54 Å². The lowest BCUT2D eigenvalue weighted by atomic mass is 9.98. The van der Waals surface area contributed by atoms with Crippen LogP contribution in [-0.4, -0.2) is 0 Å². The summed E-state index contributed by atoms with van der Waals surface area (Å²) in [6, 6.07) is 8.25. The van der Waals surface area contributed by atoms with E-state index < -0.39 is 0 Å². The monoisotopic (exact) mass is 252 g/mol. The Labute approximate surface area is 92.9 Å². The Balaban J connectivity index is 2.92. The minimum Gasteiger partial charge on any atom is -0.326 e. The lowest BCUT2D eigenvalue weighted by molar-refractivity contribution is 0.730. The second kappa shape index (κ2) is 5.14. The fourth-order valence-electron chi connectivity index (χ4n) is 1.36. The highest BCUT2D eigenvalue weighted by Gasteiger charge is 2.06. The van der Waals surface area contributed by atoms with Gasteiger partial charge in [0.2, 0.25) is 0 Å². The summed E-state index contributed by atoms with van der Waals surface area (Å²) in [5.74, 6) is 0.0430. The molecule has 1 aromatic rings. The van der Waals surface area contributed by atoms with Gasteiger partial charge in [-0.05, 0) is 36.6 Å². The lowest BCUT2D eigenvalue weighted by Crippen LogP contribution is -2.05. The van der Waals surface area contributed by atoms with Crippen molar-refractivity contribution in [3.63, 3.8) is 0 Å². The molecule has 74 valence electrons. The molecule has 0 aromatic heterocycles. The quantitative estimate of drug-likeness (QED) is 0.900. The van der Waals surface area contributed by atoms with Crippen molar-refractivity contribution in [2.24, 2.45) is 11.7 Å². The molecule has 0 aliphatic carbocycles. The molecular weight excluding hydrogens is 240 g/mol. The van der Waals surface area contributed by atoms with Crippen LogP contribution in [0, 0.1) is 17.2 Å². The average Bonchev–Trinajstić information content (AvgIpc) is 2.20. The summed E-state index contributed by atoms with van der Waals surface area (Å²) in [6.45, 7) is 2.44. The first-order valence-electron chi connectivity index (χ1n) is 4.54. The second-order valence-corrected chi connectivity index (χ2v) is 4.27. The van der Waals surface area contributed by atoms with Crippen molar-refractivity contribution < 1.29 is 0 Å². The van der Waals surface area contributed by atoms with Crippen LogP contribution in [-0.2, 0) is 13.0 Å². The molecular formula is C11H13BrN2. The van der Waals surface area contributed by atoms with Crippen LogP contribution >= 0.6 is 15.9 Å². The Bertz CT molecular complexity index is 355. The van der Waals surface area contributed by atoms with Gasteiger partial charge in [-0.25, -0.2) is 0 Å². The van der Waals surface area contributed by atoms with Gasteiger partial charge in [0.05, 0.1) is 6.07 Å². The Hall–Kier alpha value is -0.850. The summed E-state index contributed by atoms with van der Waals surface area (Å²) in [4.78, 5) is 0. The molecule has 14 heavy (non-hydrogen) atoms. The third kappa shape index (κ3) is 2.83. The van der Waals surface area contributed by atoms with E-state index in [0.717, 1.165) is 16.5 Å². The zero-order valence-corrected chi connectivity index (χ0v) is 9.71. The van der Waals surface area contributed by atoms with Crippen LogP contribution in [0.25, 0.3) is 0 Å². The molecule has 0 radical (unpaired) electrons. The Morgan fingerprint density at radius 3 is 2.79 bits per heavy atom. The van der Waals surface area contributed by atoms with E-state index in [4.69, 9.17) is 11.0 Å². The molecule has 1 unspecified atom stereocenters. The number of hydrogen-bond donors (Lipinski definition) is 1. The number of nitriles is 1. The Morgan fingerprint density at radius 1 is 1.50 bits per heavy atom. The van der Waals surface area contributed by atoms with Gasteiger partial charge in [0, 0.05) is 16.9 Å². The van der Waals surface area contributed by atoms with Crippen molar-refractivity contribution in [3.8, 4) is 6.07 Å². The van der Waals surface area contributed by atoms with E-state index in [2.05, 4.69) is 22.0 Å². The van der Waals surface area contributed by atoms with E-state index in [9.17, 15) is 0 Å². The molecule has 0 saturated heterocycles. The van der Waals surface area contributed by atoms with Crippen molar-refractivity contribution in [2.75, 3.05) is 0 Å². The fourth-order valence-corrected chi connectivity index (χ4v) is 1.77. The smallest absolute Gasteiger partial charge is 0.0656 e. The van der Waals surface area contributed by atoms with Gasteiger partial charge >= 0.3 is 0 Å². The van der Waals surface area contributed by atoms with Gasteiger partial charge in [-0.3, -0.25) is 0 Å². The first kappa shape index (κ1) is 11.2. The van der Waals surface area contributed by atoms with E-state index in [-0.39, 0.29) is 5.92 Å². The maximum atomic E-state index is 8.72. The fraction of sp³-hybridized carbons (Fsp3) is 0.364. The summed E-state index contributed by atoms with van der Waals surface area (Å²) < 4.78 is 1.03. The van der Waals surface area contributed by atoms with Crippen LogP contribution in [0.15, 0.2) is 22.7 Å². The third-order valence-corrected chi connectivity index (χ3v) is 2.63. The van der Waals surface area contributed by atoms with Crippen LogP contribution in [0.1, 0.15) is 18.1 Å². The lowest BCUT2D eigenvalue weighted by Gasteiger charge is -2.09. The summed E-state index contributed by atoms with van der Waals surface area (Å²) in [6.07, 6.45) is 0.774. The van der Waals surface area contributed by atoms with Gasteiger partial charge < -0.3 is 5.73 Å². The number of hydrogen-bond acceptors (Lipinski definition) is 2. The normalized spacial score (nSPS) is 12.1. The predicted molar refractivity (Wildman–Crippen MR) is 60.5 cm³/mol. The highest BCUT2D eigenvalue weighted by atomic mass is 79.9. The molecule has 0 fully saturated rings. The van der Waals surface area contributed by atoms with Crippen molar-refractivity contribution in [1.82, 2.24) is 0 Å². The molecule has 0 aliphatic heterocycles. The topological polar surface area (TPSA) is 49.8 Å². The van der Waals surface area contributed by atoms with E-state index in [1.54, 1.807) is 0 Å². The van der Waals surface area contributed by atoms with Crippen molar-refractivity contribution >= 4 is 15.9 Å². The number of rotatable bonds is 3. The van der Waals surface area contributed by atoms with Gasteiger partial charge in [0.1, 0.15) is 0 Å². The van der Waals surface area contributed by atoms with Crippen LogP contribution in [0.2, 0.25) is 0 Å². The number of benzene rings is 1. The molecule has 0 saturated carbocycles. The molecule has 1 rings (SSSR count). The highest BCUT2D eigenvalue weighted by molar-refractivity contribution is 9.10. The number of halogens is 1. The zero-order valence-electron chi connectivity index (χ0n) is 8.13. The van der Waals surface area contributed by atoms with Gasteiger partial charge in [-0.15, -0.1) is 0 Å². The second-order valence-electron chi connectivity index (χ2n) is 3.35. The van der Waals surface area contributed by atoms with E-state index >= 15 is 0 Å². The van der Waals surface area contributed by atoms with E-state index in [1.807, 2.05) is 25.1 Å². The highest BCUT2D eigenvalue weighted by Crippen LogP contribution is 2.18. The molecule has 0 bridgehead atoms. The molecule has 0 amide bonds. The first-order valence-corrected chi connectivity index (χ1v) is 5.33. The maximum Gasteiger partial charge on any atom is 0.0656 e. The average molecular weight is 253 g/mol. The van der Waals surface area contributed by atoms with Crippen LogP contribution < -0.4 is 5.73 Å². The summed E-state index contributed by atoms with van der Waals surface area (Å²) in [7, 11) is 0. The van der Waals surface area contributed by atoms with Gasteiger partial charge in [-0.2, -0.15) is 5.26 Å². The minimum absolute atomic E-state index is 0.0430. The standard InChI is InChI=1S/C11H13BrN2/c1-8(6-13)4-9-2-3-11(12)5-10(9)7-14/h2-3,5,8H,4,7,14H2,1H3. The van der Waals surface area contributed by atoms with Crippen LogP contribution in [0.5, 0.6) is 0 Å². The molecule has 3 heteroatoms. The summed E-state index contributed by atoms with van der Waals surface area (Å²) in [5, 5.41) is 8.72. The molecule has 2 N–H and O–H groups in total. The number of nitrogens with two attached hydrogens (primary N) is 1. The predicted octanol–water partition coefficient (Wildman–Crippen LogP) is 2.61. The van der Waals surface area contributed by atoms with E-state index in [1.165, 1.54) is 5.56 Å². The number of nitrogens with zero attached hydrogens (tertiary/aromatic N) is 1. The van der Waals surface area contributed by atoms with Crippen LogP contribution in [0.3, 0.4) is 0 Å². The minimum atomic E-state index is 0.0430. The van der Waals surface area contributed by atoms with Gasteiger partial charge in [-0.1, -0.05) is 22.0 Å². The van der Waals surface area contributed by atoms with Gasteiger partial charge in [0.25, 0.3) is 0 Å². The maximum absolute atomic E-state index is 8.72. The molecule has 0 aliphatic rings. The van der Waals surface area contributed by atoms with Gasteiger partial charge in [0.15, 0.2) is 0 Å². The van der Waals surface area contributed by atoms with Crippen molar-refractivity contribution in [2.45, 2.75) is 19.9 Å². The third-order valence-electron chi connectivity index (χ3n) is 2.13. The van der Waals surface area contributed by atoms with Crippen LogP contribution in [0.4, 0.5) is 0 Å². The largest absolute Gasteiger partial charge is 0.326 e. The molecule has 0 heterocycles. The molecule has 1 aromatic carbocycles. The molecule has 0 spiro atoms. The Morgan fingerprint density at radius 2 is 2.21 bits per heavy atom. The first-order chi connectivity index (χ1) is 6.67. The zero-order chi connectivity index (χ0) is 10.6. The van der Waals surface area contributed by atoms with Crippen molar-refractivity contribution in [1.29, 1.82) is 5.26 Å². The molecule has 1 atom stereocenters. The summed E-state index contributed by atoms with van der Waals surface area (Å²) in [5.41, 5.74) is 7.92.